The molecule has 1 amide bonds. The molecule has 2 heterocycles. The van der Waals surface area contributed by atoms with E-state index in [1.165, 1.54) is 4.90 Å². The van der Waals surface area contributed by atoms with Crippen molar-refractivity contribution in [2.45, 2.75) is 72.1 Å². The van der Waals surface area contributed by atoms with Crippen LogP contribution in [0.25, 0.3) is 11.0 Å². The second-order valence-corrected chi connectivity index (χ2v) is 12.7. The molecule has 7 nitrogen and oxygen atoms in total. The molecule has 1 aromatic heterocycles. The van der Waals surface area contributed by atoms with Crippen molar-refractivity contribution in [2.24, 2.45) is 11.3 Å². The molecule has 0 aliphatic carbocycles. The van der Waals surface area contributed by atoms with Gasteiger partial charge in [-0.15, -0.1) is 0 Å². The predicted molar refractivity (Wildman–Crippen MR) is 128 cm³/mol. The highest BCUT2D eigenvalue weighted by Crippen LogP contribution is 2.42. The van der Waals surface area contributed by atoms with Crippen LogP contribution in [0.15, 0.2) is 16.7 Å². The molecule has 1 fully saturated rings. The van der Waals surface area contributed by atoms with E-state index < -0.39 is 15.1 Å². The Labute approximate surface area is 192 Å². The summed E-state index contributed by atoms with van der Waals surface area (Å²) in [7, 11) is -1.33. The first kappa shape index (κ1) is 24.7. The van der Waals surface area contributed by atoms with Crippen molar-refractivity contribution in [1.29, 1.82) is 0 Å². The van der Waals surface area contributed by atoms with Gasteiger partial charge in [0.05, 0.1) is 11.8 Å². The Kier molecular flexibility index (Phi) is 8.00. The van der Waals surface area contributed by atoms with E-state index in [0.29, 0.717) is 25.4 Å². The number of rotatable bonds is 8. The summed E-state index contributed by atoms with van der Waals surface area (Å²) >= 11 is 0. The zero-order chi connectivity index (χ0) is 23.5. The van der Waals surface area contributed by atoms with Crippen LogP contribution in [-0.2, 0) is 17.3 Å². The lowest BCUT2D eigenvalue weighted by molar-refractivity contribution is 0.0857. The fraction of sp³-hybridized carbons (Fsp3) is 0.667. The second kappa shape index (κ2) is 10.4. The normalized spacial score (nSPS) is 16.8. The average Bonchev–Trinajstić information content (AvgIpc) is 3.13. The number of likely N-dealkylation sites (tertiary alicyclic amines) is 1. The Hall–Kier alpha value is -1.90. The molecular formula is C24H38N2O5Si. The molecule has 0 spiro atoms. The molecule has 0 radical (unpaired) electrons. The summed E-state index contributed by atoms with van der Waals surface area (Å²) in [5.41, 5.74) is 3.69. The SMILES string of the molecule is C[SiH](C)OC(c1c(CCO)ccc2c(CCC3CCN(C(=O)O)CC3)noc12)C(C)(C)C. The van der Waals surface area contributed by atoms with Crippen LogP contribution >= 0.6 is 0 Å². The molecule has 1 saturated heterocycles. The summed E-state index contributed by atoms with van der Waals surface area (Å²) in [5.74, 6) is 0.503. The van der Waals surface area contributed by atoms with Gasteiger partial charge in [-0.2, -0.15) is 0 Å². The van der Waals surface area contributed by atoms with Crippen LogP contribution in [0.3, 0.4) is 0 Å². The predicted octanol–water partition coefficient (Wildman–Crippen LogP) is 4.77. The van der Waals surface area contributed by atoms with Crippen molar-refractivity contribution in [1.82, 2.24) is 10.1 Å². The highest BCUT2D eigenvalue weighted by Gasteiger charge is 2.33. The number of aromatic nitrogens is 1. The van der Waals surface area contributed by atoms with Crippen molar-refractivity contribution in [3.63, 3.8) is 0 Å². The number of piperidine rings is 1. The van der Waals surface area contributed by atoms with Gasteiger partial charge in [0.1, 0.15) is 0 Å². The lowest BCUT2D eigenvalue weighted by Crippen LogP contribution is -2.37. The number of carbonyl (C=O) groups is 1. The van der Waals surface area contributed by atoms with Crippen molar-refractivity contribution < 1.29 is 24.0 Å². The molecule has 3 rings (SSSR count). The maximum Gasteiger partial charge on any atom is 0.407 e. The number of carboxylic acid groups (broad SMARTS) is 1. The largest absolute Gasteiger partial charge is 0.465 e. The molecule has 1 unspecified atom stereocenters. The topological polar surface area (TPSA) is 96.0 Å². The van der Waals surface area contributed by atoms with Gasteiger partial charge < -0.3 is 24.1 Å². The van der Waals surface area contributed by atoms with Gasteiger partial charge in [0.25, 0.3) is 0 Å². The summed E-state index contributed by atoms with van der Waals surface area (Å²) in [5, 5.41) is 24.3. The van der Waals surface area contributed by atoms with Gasteiger partial charge in [-0.1, -0.05) is 32.0 Å². The average molecular weight is 463 g/mol. The number of aliphatic hydroxyl groups excluding tert-OH is 1. The minimum Gasteiger partial charge on any atom is -0.465 e. The van der Waals surface area contributed by atoms with Crippen LogP contribution in [-0.4, -0.2) is 55.1 Å². The fourth-order valence-electron chi connectivity index (χ4n) is 4.65. The number of hydrogen-bond acceptors (Lipinski definition) is 5. The highest BCUT2D eigenvalue weighted by atomic mass is 28.3. The fourth-order valence-corrected chi connectivity index (χ4v) is 5.74. The van der Waals surface area contributed by atoms with Crippen LogP contribution in [0.4, 0.5) is 4.79 Å². The minimum atomic E-state index is -1.33. The summed E-state index contributed by atoms with van der Waals surface area (Å²) in [4.78, 5) is 12.6. The number of aryl methyl sites for hydroxylation is 1. The van der Waals surface area contributed by atoms with Crippen LogP contribution in [0.2, 0.25) is 13.1 Å². The number of aliphatic hydroxyl groups is 1. The molecule has 1 aliphatic rings. The van der Waals surface area contributed by atoms with E-state index in [2.05, 4.69) is 51.2 Å². The van der Waals surface area contributed by atoms with Crippen LogP contribution in [0.5, 0.6) is 0 Å². The Morgan fingerprint density at radius 3 is 2.53 bits per heavy atom. The zero-order valence-electron chi connectivity index (χ0n) is 20.1. The van der Waals surface area contributed by atoms with E-state index in [1.54, 1.807) is 0 Å². The van der Waals surface area contributed by atoms with Crippen molar-refractivity contribution in [3.05, 3.63) is 29.0 Å². The van der Waals surface area contributed by atoms with Gasteiger partial charge in [0.2, 0.25) is 0 Å². The van der Waals surface area contributed by atoms with Gasteiger partial charge in [0.15, 0.2) is 14.6 Å². The summed E-state index contributed by atoms with van der Waals surface area (Å²) in [6.45, 7) is 12.2. The van der Waals surface area contributed by atoms with Gasteiger partial charge in [0, 0.05) is 30.6 Å². The van der Waals surface area contributed by atoms with Crippen molar-refractivity contribution in [3.8, 4) is 0 Å². The Morgan fingerprint density at radius 2 is 1.97 bits per heavy atom. The van der Waals surface area contributed by atoms with E-state index in [4.69, 9.17) is 14.1 Å². The smallest absolute Gasteiger partial charge is 0.407 e. The Morgan fingerprint density at radius 1 is 1.28 bits per heavy atom. The minimum absolute atomic E-state index is 0.0739. The zero-order valence-corrected chi connectivity index (χ0v) is 21.2. The quantitative estimate of drug-likeness (QED) is 0.549. The first-order valence-corrected chi connectivity index (χ1v) is 14.5. The number of amides is 1. The maximum atomic E-state index is 11.1. The molecule has 2 aromatic rings. The van der Waals surface area contributed by atoms with Crippen LogP contribution in [0, 0.1) is 11.3 Å². The van der Waals surface area contributed by atoms with E-state index in [1.807, 2.05) is 0 Å². The molecule has 0 saturated carbocycles. The third-order valence-electron chi connectivity index (χ3n) is 6.36. The highest BCUT2D eigenvalue weighted by molar-refractivity contribution is 6.48. The molecular weight excluding hydrogens is 424 g/mol. The van der Waals surface area contributed by atoms with E-state index in [9.17, 15) is 9.90 Å². The summed E-state index contributed by atoms with van der Waals surface area (Å²) in [6, 6.07) is 4.15. The van der Waals surface area contributed by atoms with Crippen molar-refractivity contribution in [2.75, 3.05) is 19.7 Å². The number of hydrogen-bond donors (Lipinski definition) is 2. The molecule has 1 aliphatic heterocycles. The van der Waals surface area contributed by atoms with Gasteiger partial charge in [-0.25, -0.2) is 4.79 Å². The molecule has 1 atom stereocenters. The molecule has 178 valence electrons. The molecule has 1 aromatic carbocycles. The second-order valence-electron chi connectivity index (χ2n) is 10.3. The standard InChI is InChI=1S/C24H38N2O5Si/c1-24(2,3)22(31-32(4)5)20-17(12-15-27)7-8-18-19(25-30-21(18)20)9-6-16-10-13-26(14-11-16)23(28)29/h7-8,16,22,27,32H,6,9-15H2,1-5H3,(H,28,29). The Balaban J connectivity index is 1.87. The maximum absolute atomic E-state index is 11.1. The first-order valence-electron chi connectivity index (χ1n) is 11.8. The van der Waals surface area contributed by atoms with Crippen molar-refractivity contribution >= 4 is 26.1 Å². The third kappa shape index (κ3) is 5.71. The van der Waals surface area contributed by atoms with Crippen LogP contribution < -0.4 is 0 Å². The van der Waals surface area contributed by atoms with E-state index >= 15 is 0 Å². The lowest BCUT2D eigenvalue weighted by Gasteiger charge is -2.34. The molecule has 8 heteroatoms. The summed E-state index contributed by atoms with van der Waals surface area (Å²) < 4.78 is 12.4. The first-order chi connectivity index (χ1) is 15.1. The third-order valence-corrected chi connectivity index (χ3v) is 7.17. The molecule has 0 bridgehead atoms. The van der Waals surface area contributed by atoms with Gasteiger partial charge >= 0.3 is 6.09 Å². The van der Waals surface area contributed by atoms with Crippen LogP contribution in [0.1, 0.15) is 63.0 Å². The summed E-state index contributed by atoms with van der Waals surface area (Å²) in [6.07, 6.45) is 3.18. The van der Waals surface area contributed by atoms with E-state index in [-0.39, 0.29) is 18.1 Å². The Bertz CT molecular complexity index is 913. The van der Waals surface area contributed by atoms with Gasteiger partial charge in [-0.3, -0.25) is 0 Å². The molecule has 2 N–H and O–H groups in total. The number of benzene rings is 1. The molecule has 32 heavy (non-hydrogen) atoms. The monoisotopic (exact) mass is 462 g/mol. The van der Waals surface area contributed by atoms with E-state index in [0.717, 1.165) is 53.5 Å². The van der Waals surface area contributed by atoms with Gasteiger partial charge in [-0.05, 0) is 68.2 Å². The lowest BCUT2D eigenvalue weighted by atomic mass is 9.81. The number of nitrogens with zero attached hydrogens (tertiary/aromatic N) is 2. The number of fused-ring (bicyclic) bond motifs is 1.